The van der Waals surface area contributed by atoms with Gasteiger partial charge in [0, 0.05) is 34.6 Å². The number of carbonyl (C=O) groups is 2. The molecule has 0 aliphatic heterocycles. The highest BCUT2D eigenvalue weighted by molar-refractivity contribution is 5.96. The lowest BCUT2D eigenvalue weighted by molar-refractivity contribution is -0.121. The summed E-state index contributed by atoms with van der Waals surface area (Å²) in [5.74, 6) is 0.00742. The number of fused-ring (bicyclic) bond motifs is 1. The van der Waals surface area contributed by atoms with Crippen LogP contribution in [0, 0.1) is 6.92 Å². The van der Waals surface area contributed by atoms with E-state index >= 15 is 0 Å². The fraction of sp³-hybridized carbons (Fsp3) is 0.125. The molecule has 2 aromatic heterocycles. The summed E-state index contributed by atoms with van der Waals surface area (Å²) in [5.41, 5.74) is 9.07. The molecular formula is C24H22N4O3. The number of aromatic nitrogens is 2. The predicted octanol–water partition coefficient (Wildman–Crippen LogP) is 3.45. The molecule has 4 aromatic rings. The number of nitrogens with one attached hydrogen (secondary N) is 3. The summed E-state index contributed by atoms with van der Waals surface area (Å²) in [5, 5.41) is 0.915. The number of hydrogen-bond acceptors (Lipinski definition) is 4. The number of hydrazine groups is 1. The predicted molar refractivity (Wildman–Crippen MR) is 117 cm³/mol. The number of aromatic amines is 1. The van der Waals surface area contributed by atoms with Crippen LogP contribution in [0.2, 0.25) is 0 Å². The number of nitrogens with zero attached hydrogens (tertiary/aromatic N) is 1. The van der Waals surface area contributed by atoms with Gasteiger partial charge in [-0.3, -0.25) is 25.4 Å². The quantitative estimate of drug-likeness (QED) is 0.421. The Morgan fingerprint density at radius 3 is 2.55 bits per heavy atom. The van der Waals surface area contributed by atoms with Gasteiger partial charge in [0.05, 0.1) is 6.42 Å². The zero-order chi connectivity index (χ0) is 21.6. The van der Waals surface area contributed by atoms with Crippen LogP contribution in [0.1, 0.15) is 27.2 Å². The van der Waals surface area contributed by atoms with Crippen molar-refractivity contribution in [2.75, 3.05) is 0 Å². The number of ether oxygens (including phenoxy) is 1. The van der Waals surface area contributed by atoms with Gasteiger partial charge in [0.15, 0.2) is 0 Å². The van der Waals surface area contributed by atoms with E-state index in [4.69, 9.17) is 4.74 Å². The maximum absolute atomic E-state index is 12.5. The Kier molecular flexibility index (Phi) is 5.93. The standard InChI is InChI=1S/C24H22N4O3/c1-16-20(14-23(29)27-28-24(30)18-9-11-25-12-10-18)21-13-19(7-8-22(21)26-16)31-15-17-5-3-2-4-6-17/h2-13,26H,14-15H2,1H3,(H,27,29)(H,28,30). The van der Waals surface area contributed by atoms with Gasteiger partial charge in [0.25, 0.3) is 5.91 Å². The molecule has 0 unspecified atom stereocenters. The van der Waals surface area contributed by atoms with Crippen molar-refractivity contribution in [3.8, 4) is 5.75 Å². The van der Waals surface area contributed by atoms with Crippen molar-refractivity contribution >= 4 is 22.7 Å². The molecule has 0 bridgehead atoms. The zero-order valence-corrected chi connectivity index (χ0v) is 17.0. The van der Waals surface area contributed by atoms with Crippen LogP contribution in [-0.4, -0.2) is 21.8 Å². The van der Waals surface area contributed by atoms with Crippen molar-refractivity contribution in [2.45, 2.75) is 20.0 Å². The highest BCUT2D eigenvalue weighted by atomic mass is 16.5. The molecule has 2 heterocycles. The van der Waals surface area contributed by atoms with E-state index in [1.807, 2.05) is 55.5 Å². The normalized spacial score (nSPS) is 10.6. The van der Waals surface area contributed by atoms with Crippen LogP contribution in [0.4, 0.5) is 0 Å². The Bertz CT molecular complexity index is 1200. The van der Waals surface area contributed by atoms with Gasteiger partial charge in [-0.15, -0.1) is 0 Å². The molecule has 0 aliphatic carbocycles. The third kappa shape index (κ3) is 4.90. The second kappa shape index (κ2) is 9.13. The van der Waals surface area contributed by atoms with Gasteiger partial charge in [0.1, 0.15) is 12.4 Å². The summed E-state index contributed by atoms with van der Waals surface area (Å²) >= 11 is 0. The second-order valence-corrected chi connectivity index (χ2v) is 7.13. The monoisotopic (exact) mass is 414 g/mol. The van der Waals surface area contributed by atoms with Crippen molar-refractivity contribution in [1.82, 2.24) is 20.8 Å². The zero-order valence-electron chi connectivity index (χ0n) is 17.0. The number of amides is 2. The van der Waals surface area contributed by atoms with Gasteiger partial charge in [-0.2, -0.15) is 0 Å². The third-order valence-electron chi connectivity index (χ3n) is 4.93. The van der Waals surface area contributed by atoms with Crippen molar-refractivity contribution in [2.24, 2.45) is 0 Å². The van der Waals surface area contributed by atoms with E-state index in [0.29, 0.717) is 12.2 Å². The average Bonchev–Trinajstić information content (AvgIpc) is 3.11. The van der Waals surface area contributed by atoms with Gasteiger partial charge in [-0.25, -0.2) is 0 Å². The SMILES string of the molecule is Cc1[nH]c2ccc(OCc3ccccc3)cc2c1CC(=O)NNC(=O)c1ccncc1. The summed E-state index contributed by atoms with van der Waals surface area (Å²) < 4.78 is 5.92. The Morgan fingerprint density at radius 1 is 1.00 bits per heavy atom. The summed E-state index contributed by atoms with van der Waals surface area (Å²) in [6.45, 7) is 2.38. The molecule has 0 radical (unpaired) electrons. The van der Waals surface area contributed by atoms with E-state index in [1.54, 1.807) is 12.1 Å². The van der Waals surface area contributed by atoms with E-state index in [-0.39, 0.29) is 12.3 Å². The lowest BCUT2D eigenvalue weighted by Crippen LogP contribution is -2.42. The molecule has 0 aliphatic rings. The number of aryl methyl sites for hydroxylation is 1. The molecular weight excluding hydrogens is 392 g/mol. The first kappa shape index (κ1) is 20.2. The minimum absolute atomic E-state index is 0.116. The van der Waals surface area contributed by atoms with Crippen molar-refractivity contribution in [1.29, 1.82) is 0 Å². The molecule has 7 nitrogen and oxygen atoms in total. The molecule has 156 valence electrons. The molecule has 0 saturated heterocycles. The molecule has 0 fully saturated rings. The summed E-state index contributed by atoms with van der Waals surface area (Å²) in [4.78, 5) is 31.7. The first-order valence-corrected chi connectivity index (χ1v) is 9.87. The maximum atomic E-state index is 12.5. The Balaban J connectivity index is 1.43. The third-order valence-corrected chi connectivity index (χ3v) is 4.93. The molecule has 31 heavy (non-hydrogen) atoms. The van der Waals surface area contributed by atoms with E-state index in [1.165, 1.54) is 12.4 Å². The number of carbonyl (C=O) groups excluding carboxylic acids is 2. The number of pyridine rings is 1. The van der Waals surface area contributed by atoms with Gasteiger partial charge in [0.2, 0.25) is 5.91 Å². The van der Waals surface area contributed by atoms with Gasteiger partial charge in [-0.05, 0) is 48.4 Å². The summed E-state index contributed by atoms with van der Waals surface area (Å²) in [6.07, 6.45) is 3.15. The van der Waals surface area contributed by atoms with Gasteiger partial charge < -0.3 is 9.72 Å². The Labute approximate surface area is 179 Å². The first-order valence-electron chi connectivity index (χ1n) is 9.87. The largest absolute Gasteiger partial charge is 0.489 e. The topological polar surface area (TPSA) is 96.1 Å². The Hall–Kier alpha value is -4.13. The highest BCUT2D eigenvalue weighted by Gasteiger charge is 2.14. The van der Waals surface area contributed by atoms with Crippen LogP contribution >= 0.6 is 0 Å². The van der Waals surface area contributed by atoms with E-state index in [0.717, 1.165) is 33.5 Å². The molecule has 2 aromatic carbocycles. The molecule has 7 heteroatoms. The molecule has 0 spiro atoms. The number of rotatable bonds is 6. The second-order valence-electron chi connectivity index (χ2n) is 7.13. The van der Waals surface area contributed by atoms with Crippen molar-refractivity contribution in [3.63, 3.8) is 0 Å². The fourth-order valence-corrected chi connectivity index (χ4v) is 3.33. The van der Waals surface area contributed by atoms with Crippen LogP contribution in [-0.2, 0) is 17.8 Å². The van der Waals surface area contributed by atoms with Crippen LogP contribution in [0.25, 0.3) is 10.9 Å². The van der Waals surface area contributed by atoms with E-state index < -0.39 is 5.91 Å². The Morgan fingerprint density at radius 2 is 1.77 bits per heavy atom. The van der Waals surface area contributed by atoms with Gasteiger partial charge >= 0.3 is 0 Å². The summed E-state index contributed by atoms with van der Waals surface area (Å²) in [7, 11) is 0. The van der Waals surface area contributed by atoms with Gasteiger partial charge in [-0.1, -0.05) is 30.3 Å². The molecule has 4 rings (SSSR count). The number of benzene rings is 2. The number of hydrogen-bond donors (Lipinski definition) is 3. The van der Waals surface area contributed by atoms with Crippen molar-refractivity contribution < 1.29 is 14.3 Å². The summed E-state index contributed by atoms with van der Waals surface area (Å²) in [6, 6.07) is 18.8. The number of H-pyrrole nitrogens is 1. The van der Waals surface area contributed by atoms with E-state index in [2.05, 4.69) is 20.8 Å². The molecule has 0 saturated carbocycles. The fourth-order valence-electron chi connectivity index (χ4n) is 3.33. The van der Waals surface area contributed by atoms with Crippen LogP contribution < -0.4 is 15.6 Å². The first-order chi connectivity index (χ1) is 15.1. The van der Waals surface area contributed by atoms with Crippen molar-refractivity contribution in [3.05, 3.63) is 95.4 Å². The smallest absolute Gasteiger partial charge is 0.269 e. The van der Waals surface area contributed by atoms with Crippen LogP contribution in [0.15, 0.2) is 73.1 Å². The molecule has 3 N–H and O–H groups in total. The lowest BCUT2D eigenvalue weighted by Gasteiger charge is -2.09. The minimum Gasteiger partial charge on any atom is -0.489 e. The minimum atomic E-state index is -0.400. The molecule has 2 amide bonds. The van der Waals surface area contributed by atoms with Crippen LogP contribution in [0.3, 0.4) is 0 Å². The lowest BCUT2D eigenvalue weighted by atomic mass is 10.1. The average molecular weight is 414 g/mol. The van der Waals surface area contributed by atoms with Crippen LogP contribution in [0.5, 0.6) is 5.75 Å². The highest BCUT2D eigenvalue weighted by Crippen LogP contribution is 2.27. The molecule has 0 atom stereocenters. The van der Waals surface area contributed by atoms with E-state index in [9.17, 15) is 9.59 Å². The maximum Gasteiger partial charge on any atom is 0.269 e.